The molecule has 0 aromatic carbocycles. The van der Waals surface area contributed by atoms with Gasteiger partial charge in [0.15, 0.2) is 0 Å². The standard InChI is InChI=1S/C15H30N2O2/c1-6-17-10-7-8-13(12-17)9-11-16(5)14(18)19-15(2,3)4/h13H,6-12H2,1-5H3. The minimum absolute atomic E-state index is 0.212. The zero-order valence-electron chi connectivity index (χ0n) is 13.2. The largest absolute Gasteiger partial charge is 0.444 e. The molecule has 112 valence electrons. The van der Waals surface area contributed by atoms with Crippen molar-refractivity contribution in [1.82, 2.24) is 9.80 Å². The molecule has 1 saturated heterocycles. The van der Waals surface area contributed by atoms with Gasteiger partial charge in [0.05, 0.1) is 0 Å². The molecule has 0 aromatic rings. The van der Waals surface area contributed by atoms with Crippen molar-refractivity contribution in [3.63, 3.8) is 0 Å². The van der Waals surface area contributed by atoms with Crippen molar-refractivity contribution in [2.45, 2.75) is 52.6 Å². The Morgan fingerprint density at radius 2 is 2.11 bits per heavy atom. The number of nitrogens with zero attached hydrogens (tertiary/aromatic N) is 2. The predicted molar refractivity (Wildman–Crippen MR) is 78.3 cm³/mol. The van der Waals surface area contributed by atoms with Gasteiger partial charge in [0.25, 0.3) is 0 Å². The predicted octanol–water partition coefficient (Wildman–Crippen LogP) is 2.98. The van der Waals surface area contributed by atoms with Crippen LogP contribution in [-0.4, -0.2) is 54.7 Å². The second-order valence-corrected chi connectivity index (χ2v) is 6.59. The highest BCUT2D eigenvalue weighted by Gasteiger charge is 2.22. The van der Waals surface area contributed by atoms with E-state index in [9.17, 15) is 4.79 Å². The first-order chi connectivity index (χ1) is 8.81. The first kappa shape index (κ1) is 16.3. The summed E-state index contributed by atoms with van der Waals surface area (Å²) in [5, 5.41) is 0. The van der Waals surface area contributed by atoms with Crippen LogP contribution in [0.15, 0.2) is 0 Å². The maximum Gasteiger partial charge on any atom is 0.410 e. The summed E-state index contributed by atoms with van der Waals surface area (Å²) < 4.78 is 5.36. The summed E-state index contributed by atoms with van der Waals surface area (Å²) in [5.41, 5.74) is -0.408. The summed E-state index contributed by atoms with van der Waals surface area (Å²) in [4.78, 5) is 16.1. The van der Waals surface area contributed by atoms with Crippen LogP contribution >= 0.6 is 0 Å². The number of ether oxygens (including phenoxy) is 1. The molecule has 19 heavy (non-hydrogen) atoms. The van der Waals surface area contributed by atoms with E-state index in [1.165, 1.54) is 25.9 Å². The molecule has 0 radical (unpaired) electrons. The van der Waals surface area contributed by atoms with Crippen LogP contribution in [0.1, 0.15) is 47.0 Å². The number of rotatable bonds is 4. The number of hydrogen-bond acceptors (Lipinski definition) is 3. The molecular weight excluding hydrogens is 240 g/mol. The van der Waals surface area contributed by atoms with Crippen LogP contribution < -0.4 is 0 Å². The SMILES string of the molecule is CCN1CCCC(CCN(C)C(=O)OC(C)(C)C)C1. The molecule has 0 aliphatic carbocycles. The zero-order valence-corrected chi connectivity index (χ0v) is 13.2. The van der Waals surface area contributed by atoms with Crippen LogP contribution in [0, 0.1) is 5.92 Å². The van der Waals surface area contributed by atoms with Crippen molar-refractivity contribution in [2.24, 2.45) is 5.92 Å². The number of piperidine rings is 1. The fraction of sp³-hybridized carbons (Fsp3) is 0.933. The number of carbonyl (C=O) groups excluding carboxylic acids is 1. The van der Waals surface area contributed by atoms with Gasteiger partial charge in [-0.15, -0.1) is 0 Å². The second-order valence-electron chi connectivity index (χ2n) is 6.59. The minimum Gasteiger partial charge on any atom is -0.444 e. The van der Waals surface area contributed by atoms with Crippen molar-refractivity contribution in [2.75, 3.05) is 33.2 Å². The lowest BCUT2D eigenvalue weighted by Gasteiger charge is -2.33. The normalized spacial score (nSPS) is 21.2. The number of amides is 1. The van der Waals surface area contributed by atoms with Crippen LogP contribution in [0.4, 0.5) is 4.79 Å². The Labute approximate surface area is 118 Å². The highest BCUT2D eigenvalue weighted by Crippen LogP contribution is 2.20. The summed E-state index contributed by atoms with van der Waals surface area (Å²) in [5.74, 6) is 0.721. The molecule has 1 amide bonds. The molecule has 4 heteroatoms. The molecule has 1 aliphatic heterocycles. The Morgan fingerprint density at radius 3 is 2.68 bits per heavy atom. The summed E-state index contributed by atoms with van der Waals surface area (Å²) in [7, 11) is 1.83. The van der Waals surface area contributed by atoms with E-state index in [2.05, 4.69) is 11.8 Å². The summed E-state index contributed by atoms with van der Waals surface area (Å²) in [6.45, 7) is 12.3. The van der Waals surface area contributed by atoms with Gasteiger partial charge in [-0.1, -0.05) is 6.92 Å². The monoisotopic (exact) mass is 270 g/mol. The lowest BCUT2D eigenvalue weighted by Crippen LogP contribution is -2.38. The summed E-state index contributed by atoms with van der Waals surface area (Å²) in [6, 6.07) is 0. The van der Waals surface area contributed by atoms with Gasteiger partial charge in [0.1, 0.15) is 5.60 Å². The van der Waals surface area contributed by atoms with E-state index in [0.29, 0.717) is 0 Å². The Bertz CT molecular complexity index is 286. The van der Waals surface area contributed by atoms with E-state index in [4.69, 9.17) is 4.74 Å². The number of hydrogen-bond donors (Lipinski definition) is 0. The lowest BCUT2D eigenvalue weighted by molar-refractivity contribution is 0.0283. The molecule has 4 nitrogen and oxygen atoms in total. The zero-order chi connectivity index (χ0) is 14.5. The van der Waals surface area contributed by atoms with E-state index in [1.54, 1.807) is 4.90 Å². The fourth-order valence-electron chi connectivity index (χ4n) is 2.48. The third kappa shape index (κ3) is 6.28. The molecule has 1 atom stereocenters. The van der Waals surface area contributed by atoms with Gasteiger partial charge in [-0.3, -0.25) is 0 Å². The number of likely N-dealkylation sites (tertiary alicyclic amines) is 1. The van der Waals surface area contributed by atoms with Gasteiger partial charge >= 0.3 is 6.09 Å². The highest BCUT2D eigenvalue weighted by molar-refractivity contribution is 5.67. The Morgan fingerprint density at radius 1 is 1.42 bits per heavy atom. The van der Waals surface area contributed by atoms with E-state index in [-0.39, 0.29) is 6.09 Å². The maximum absolute atomic E-state index is 11.8. The van der Waals surface area contributed by atoms with Gasteiger partial charge in [-0.05, 0) is 59.0 Å². The quantitative estimate of drug-likeness (QED) is 0.787. The average molecular weight is 270 g/mol. The van der Waals surface area contributed by atoms with Crippen LogP contribution in [0.25, 0.3) is 0 Å². The first-order valence-corrected chi connectivity index (χ1v) is 7.48. The van der Waals surface area contributed by atoms with Crippen molar-refractivity contribution >= 4 is 6.09 Å². The molecule has 0 spiro atoms. The fourth-order valence-corrected chi connectivity index (χ4v) is 2.48. The third-order valence-electron chi connectivity index (χ3n) is 3.63. The number of carbonyl (C=O) groups is 1. The van der Waals surface area contributed by atoms with Crippen LogP contribution in [-0.2, 0) is 4.74 Å². The van der Waals surface area contributed by atoms with Gasteiger partial charge in [-0.25, -0.2) is 4.79 Å². The van der Waals surface area contributed by atoms with E-state index in [0.717, 1.165) is 25.4 Å². The maximum atomic E-state index is 11.8. The van der Waals surface area contributed by atoms with Crippen LogP contribution in [0.3, 0.4) is 0 Å². The molecule has 1 aliphatic rings. The van der Waals surface area contributed by atoms with Crippen molar-refractivity contribution < 1.29 is 9.53 Å². The molecule has 1 rings (SSSR count). The van der Waals surface area contributed by atoms with Crippen molar-refractivity contribution in [1.29, 1.82) is 0 Å². The Kier molecular flexibility index (Phi) is 6.11. The van der Waals surface area contributed by atoms with Crippen molar-refractivity contribution in [3.05, 3.63) is 0 Å². The topological polar surface area (TPSA) is 32.8 Å². The average Bonchev–Trinajstić information content (AvgIpc) is 2.34. The molecule has 0 N–H and O–H groups in total. The van der Waals surface area contributed by atoms with Gasteiger partial charge in [0, 0.05) is 20.1 Å². The molecule has 0 aromatic heterocycles. The van der Waals surface area contributed by atoms with Crippen molar-refractivity contribution in [3.8, 4) is 0 Å². The molecular formula is C15H30N2O2. The van der Waals surface area contributed by atoms with Gasteiger partial charge in [0.2, 0.25) is 0 Å². The molecule has 1 heterocycles. The lowest BCUT2D eigenvalue weighted by atomic mass is 9.95. The van der Waals surface area contributed by atoms with E-state index < -0.39 is 5.60 Å². The Balaban J connectivity index is 2.29. The minimum atomic E-state index is -0.408. The first-order valence-electron chi connectivity index (χ1n) is 7.48. The van der Waals surface area contributed by atoms with E-state index in [1.807, 2.05) is 27.8 Å². The summed E-state index contributed by atoms with van der Waals surface area (Å²) >= 11 is 0. The van der Waals surface area contributed by atoms with Crippen LogP contribution in [0.2, 0.25) is 0 Å². The smallest absolute Gasteiger partial charge is 0.410 e. The van der Waals surface area contributed by atoms with Gasteiger partial charge in [-0.2, -0.15) is 0 Å². The third-order valence-corrected chi connectivity index (χ3v) is 3.63. The van der Waals surface area contributed by atoms with Crippen LogP contribution in [0.5, 0.6) is 0 Å². The molecule has 1 fully saturated rings. The highest BCUT2D eigenvalue weighted by atomic mass is 16.6. The molecule has 0 bridgehead atoms. The van der Waals surface area contributed by atoms with Gasteiger partial charge < -0.3 is 14.5 Å². The van der Waals surface area contributed by atoms with E-state index >= 15 is 0 Å². The molecule has 1 unspecified atom stereocenters. The molecule has 0 saturated carbocycles. The Hall–Kier alpha value is -0.770. The second kappa shape index (κ2) is 7.13. The summed E-state index contributed by atoms with van der Waals surface area (Å²) in [6.07, 6.45) is 3.44.